The molecule has 0 aliphatic carbocycles. The molecule has 1 unspecified atom stereocenters. The molecular formula is C19H32O2. The lowest BCUT2D eigenvalue weighted by Crippen LogP contribution is -2.00. The van der Waals surface area contributed by atoms with Crippen molar-refractivity contribution in [3.05, 3.63) is 35.4 Å². The number of unbranched alkanes of at least 4 members (excludes halogenated alkanes) is 5. The van der Waals surface area contributed by atoms with Gasteiger partial charge in [0.2, 0.25) is 0 Å². The number of aliphatic hydroxyl groups excluding tert-OH is 1. The molecule has 0 fully saturated rings. The SMILES string of the molecule is CCCCCCCCC(C)c1ccc(COCCO)cc1. The van der Waals surface area contributed by atoms with Crippen molar-refractivity contribution in [3.63, 3.8) is 0 Å². The molecule has 0 aliphatic heterocycles. The fourth-order valence-electron chi connectivity index (χ4n) is 2.59. The zero-order valence-corrected chi connectivity index (χ0v) is 13.8. The Morgan fingerprint density at radius 1 is 1.00 bits per heavy atom. The standard InChI is InChI=1S/C19H32O2/c1-3-4-5-6-7-8-9-17(2)19-12-10-18(11-13-19)16-21-15-14-20/h10-13,17,20H,3-9,14-16H2,1-2H3. The van der Waals surface area contributed by atoms with Gasteiger partial charge in [0.05, 0.1) is 19.8 Å². The van der Waals surface area contributed by atoms with Crippen LogP contribution in [0.5, 0.6) is 0 Å². The monoisotopic (exact) mass is 292 g/mol. The Labute approximate surface area is 130 Å². The van der Waals surface area contributed by atoms with Crippen LogP contribution in [0.1, 0.15) is 75.8 Å². The minimum absolute atomic E-state index is 0.0906. The summed E-state index contributed by atoms with van der Waals surface area (Å²) < 4.78 is 5.33. The molecule has 120 valence electrons. The van der Waals surface area contributed by atoms with Crippen LogP contribution in [0.15, 0.2) is 24.3 Å². The predicted octanol–water partition coefficient (Wildman–Crippen LogP) is 5.05. The van der Waals surface area contributed by atoms with E-state index in [4.69, 9.17) is 9.84 Å². The Kier molecular flexibility index (Phi) is 10.2. The maximum Gasteiger partial charge on any atom is 0.0718 e. The van der Waals surface area contributed by atoms with Crippen LogP contribution in [0.3, 0.4) is 0 Å². The summed E-state index contributed by atoms with van der Waals surface area (Å²) in [6.45, 7) is 5.68. The lowest BCUT2D eigenvalue weighted by Gasteiger charge is -2.12. The average Bonchev–Trinajstić information content (AvgIpc) is 2.51. The van der Waals surface area contributed by atoms with Crippen molar-refractivity contribution in [2.75, 3.05) is 13.2 Å². The number of aliphatic hydroxyl groups is 1. The molecule has 0 amide bonds. The third-order valence-corrected chi connectivity index (χ3v) is 4.04. The van der Waals surface area contributed by atoms with Gasteiger partial charge in [0.25, 0.3) is 0 Å². The molecule has 0 aliphatic rings. The second-order valence-electron chi connectivity index (χ2n) is 5.98. The third kappa shape index (κ3) is 8.23. The van der Waals surface area contributed by atoms with Gasteiger partial charge in [0, 0.05) is 0 Å². The van der Waals surface area contributed by atoms with Crippen molar-refractivity contribution in [2.45, 2.75) is 71.3 Å². The van der Waals surface area contributed by atoms with Gasteiger partial charge < -0.3 is 9.84 Å². The molecule has 0 saturated heterocycles. The summed E-state index contributed by atoms with van der Waals surface area (Å²) in [5.74, 6) is 0.642. The molecule has 0 spiro atoms. The molecule has 1 aromatic carbocycles. The maximum atomic E-state index is 8.69. The second kappa shape index (κ2) is 11.8. The van der Waals surface area contributed by atoms with Crippen LogP contribution in [0.2, 0.25) is 0 Å². The summed E-state index contributed by atoms with van der Waals surface area (Å²) >= 11 is 0. The lowest BCUT2D eigenvalue weighted by atomic mass is 9.94. The van der Waals surface area contributed by atoms with E-state index in [9.17, 15) is 0 Å². The zero-order chi connectivity index (χ0) is 15.3. The van der Waals surface area contributed by atoms with E-state index in [1.165, 1.54) is 56.1 Å². The quantitative estimate of drug-likeness (QED) is 0.546. The first-order valence-electron chi connectivity index (χ1n) is 8.55. The molecule has 0 bridgehead atoms. The van der Waals surface area contributed by atoms with Crippen LogP contribution in [0.25, 0.3) is 0 Å². The predicted molar refractivity (Wildman–Crippen MR) is 89.6 cm³/mol. The van der Waals surface area contributed by atoms with Crippen molar-refractivity contribution >= 4 is 0 Å². The summed E-state index contributed by atoms with van der Waals surface area (Å²) in [5, 5.41) is 8.69. The normalized spacial score (nSPS) is 12.5. The Morgan fingerprint density at radius 3 is 2.33 bits per heavy atom. The fraction of sp³-hybridized carbons (Fsp3) is 0.684. The van der Waals surface area contributed by atoms with Gasteiger partial charge in [-0.25, -0.2) is 0 Å². The molecule has 0 heterocycles. The lowest BCUT2D eigenvalue weighted by molar-refractivity contribution is 0.0815. The van der Waals surface area contributed by atoms with E-state index < -0.39 is 0 Å². The van der Waals surface area contributed by atoms with E-state index >= 15 is 0 Å². The molecule has 0 saturated carbocycles. The first-order valence-corrected chi connectivity index (χ1v) is 8.55. The van der Waals surface area contributed by atoms with E-state index in [1.54, 1.807) is 0 Å². The van der Waals surface area contributed by atoms with Crippen LogP contribution in [-0.2, 0) is 11.3 Å². The van der Waals surface area contributed by atoms with Gasteiger partial charge in [0.1, 0.15) is 0 Å². The molecule has 21 heavy (non-hydrogen) atoms. The Bertz CT molecular complexity index is 345. The summed E-state index contributed by atoms with van der Waals surface area (Å²) in [6, 6.07) is 8.73. The van der Waals surface area contributed by atoms with Gasteiger partial charge in [-0.1, -0.05) is 76.6 Å². The van der Waals surface area contributed by atoms with E-state index in [-0.39, 0.29) is 6.61 Å². The topological polar surface area (TPSA) is 29.5 Å². The Hall–Kier alpha value is -0.860. The zero-order valence-electron chi connectivity index (χ0n) is 13.8. The van der Waals surface area contributed by atoms with Crippen LogP contribution in [-0.4, -0.2) is 18.3 Å². The van der Waals surface area contributed by atoms with Crippen LogP contribution < -0.4 is 0 Å². The minimum atomic E-state index is 0.0906. The summed E-state index contributed by atoms with van der Waals surface area (Å²) in [5.41, 5.74) is 2.61. The maximum absolute atomic E-state index is 8.69. The van der Waals surface area contributed by atoms with E-state index in [0.29, 0.717) is 19.1 Å². The van der Waals surface area contributed by atoms with Gasteiger partial charge in [0.15, 0.2) is 0 Å². The van der Waals surface area contributed by atoms with Crippen molar-refractivity contribution < 1.29 is 9.84 Å². The highest BCUT2D eigenvalue weighted by Gasteiger charge is 2.05. The molecule has 2 heteroatoms. The van der Waals surface area contributed by atoms with Crippen molar-refractivity contribution in [2.24, 2.45) is 0 Å². The largest absolute Gasteiger partial charge is 0.394 e. The van der Waals surface area contributed by atoms with Crippen LogP contribution >= 0.6 is 0 Å². The number of benzene rings is 1. The van der Waals surface area contributed by atoms with Gasteiger partial charge in [-0.05, 0) is 23.5 Å². The number of rotatable bonds is 12. The Morgan fingerprint density at radius 2 is 1.67 bits per heavy atom. The van der Waals surface area contributed by atoms with Crippen molar-refractivity contribution in [3.8, 4) is 0 Å². The van der Waals surface area contributed by atoms with Gasteiger partial charge in [-0.2, -0.15) is 0 Å². The molecule has 1 rings (SSSR count). The first-order chi connectivity index (χ1) is 10.3. The van der Waals surface area contributed by atoms with Crippen molar-refractivity contribution in [1.82, 2.24) is 0 Å². The Balaban J connectivity index is 2.22. The molecule has 1 N–H and O–H groups in total. The molecule has 0 aromatic heterocycles. The molecule has 1 aromatic rings. The minimum Gasteiger partial charge on any atom is -0.394 e. The van der Waals surface area contributed by atoms with Crippen LogP contribution in [0, 0.1) is 0 Å². The molecule has 0 radical (unpaired) electrons. The highest BCUT2D eigenvalue weighted by atomic mass is 16.5. The second-order valence-corrected chi connectivity index (χ2v) is 5.98. The van der Waals surface area contributed by atoms with Gasteiger partial charge >= 0.3 is 0 Å². The highest BCUT2D eigenvalue weighted by Crippen LogP contribution is 2.22. The molecular weight excluding hydrogens is 260 g/mol. The van der Waals surface area contributed by atoms with Gasteiger partial charge in [-0.15, -0.1) is 0 Å². The summed E-state index contributed by atoms with van der Waals surface area (Å²) in [6.07, 6.45) is 9.49. The smallest absolute Gasteiger partial charge is 0.0718 e. The van der Waals surface area contributed by atoms with E-state index in [0.717, 1.165) is 0 Å². The van der Waals surface area contributed by atoms with Crippen LogP contribution in [0.4, 0.5) is 0 Å². The summed E-state index contributed by atoms with van der Waals surface area (Å²) in [4.78, 5) is 0. The average molecular weight is 292 g/mol. The number of hydrogen-bond acceptors (Lipinski definition) is 2. The third-order valence-electron chi connectivity index (χ3n) is 4.04. The molecule has 1 atom stereocenters. The first kappa shape index (κ1) is 18.2. The summed E-state index contributed by atoms with van der Waals surface area (Å²) in [7, 11) is 0. The fourth-order valence-corrected chi connectivity index (χ4v) is 2.59. The van der Waals surface area contributed by atoms with Gasteiger partial charge in [-0.3, -0.25) is 0 Å². The van der Waals surface area contributed by atoms with E-state index in [1.807, 2.05) is 0 Å². The number of hydrogen-bond donors (Lipinski definition) is 1. The highest BCUT2D eigenvalue weighted by molar-refractivity contribution is 5.24. The number of ether oxygens (including phenoxy) is 1. The van der Waals surface area contributed by atoms with E-state index in [2.05, 4.69) is 38.1 Å². The van der Waals surface area contributed by atoms with Crippen molar-refractivity contribution in [1.29, 1.82) is 0 Å². The molecule has 2 nitrogen and oxygen atoms in total.